The Hall–Kier alpha value is -1.10. The minimum absolute atomic E-state index is 0.208. The van der Waals surface area contributed by atoms with Crippen LogP contribution in [0.1, 0.15) is 57.1 Å². The van der Waals surface area contributed by atoms with Gasteiger partial charge in [0.05, 0.1) is 5.56 Å². The molecule has 1 aromatic carbocycles. The van der Waals surface area contributed by atoms with Crippen LogP contribution in [0.3, 0.4) is 0 Å². The fourth-order valence-corrected chi connectivity index (χ4v) is 2.19. The summed E-state index contributed by atoms with van der Waals surface area (Å²) in [4.78, 5) is 0. The molecule has 0 aliphatic rings. The molecule has 120 valence electrons. The zero-order valence-corrected chi connectivity index (χ0v) is 12.6. The maximum atomic E-state index is 13.2. The van der Waals surface area contributed by atoms with Crippen molar-refractivity contribution in [2.75, 3.05) is 0 Å². The summed E-state index contributed by atoms with van der Waals surface area (Å²) in [6.45, 7) is 4.38. The van der Waals surface area contributed by atoms with E-state index in [0.29, 0.717) is 11.6 Å². The molecule has 0 fully saturated rings. The summed E-state index contributed by atoms with van der Waals surface area (Å²) in [6, 6.07) is 2.88. The van der Waals surface area contributed by atoms with Gasteiger partial charge in [0.25, 0.3) is 0 Å². The first-order chi connectivity index (χ1) is 9.82. The van der Waals surface area contributed by atoms with Gasteiger partial charge in [0.15, 0.2) is 0 Å². The summed E-state index contributed by atoms with van der Waals surface area (Å²) < 4.78 is 51.0. The van der Waals surface area contributed by atoms with Crippen LogP contribution in [0.5, 0.6) is 0 Å². The van der Waals surface area contributed by atoms with E-state index in [1.165, 1.54) is 19.3 Å². The largest absolute Gasteiger partial charge is 0.416 e. The second kappa shape index (κ2) is 8.37. The van der Waals surface area contributed by atoms with Crippen molar-refractivity contribution in [1.29, 1.82) is 0 Å². The molecule has 1 atom stereocenters. The second-order valence-electron chi connectivity index (χ2n) is 5.48. The minimum atomic E-state index is -4.51. The molecule has 1 N–H and O–H groups in total. The molecule has 0 saturated carbocycles. The maximum absolute atomic E-state index is 13.2. The molecule has 0 radical (unpaired) electrons. The molecule has 0 bridgehead atoms. The van der Waals surface area contributed by atoms with E-state index >= 15 is 0 Å². The SMILES string of the molecule is CCCCCCC(C)NCc1cc(F)cc(C(F)(F)F)c1. The van der Waals surface area contributed by atoms with Crippen molar-refractivity contribution in [2.45, 2.75) is 64.7 Å². The van der Waals surface area contributed by atoms with Gasteiger partial charge in [-0.15, -0.1) is 0 Å². The minimum Gasteiger partial charge on any atom is -0.310 e. The first-order valence-corrected chi connectivity index (χ1v) is 7.43. The Kier molecular flexibility index (Phi) is 7.15. The number of halogens is 4. The molecule has 21 heavy (non-hydrogen) atoms. The molecule has 0 aromatic heterocycles. The van der Waals surface area contributed by atoms with Gasteiger partial charge in [-0.1, -0.05) is 32.6 Å². The average molecular weight is 305 g/mol. The molecule has 0 heterocycles. The van der Waals surface area contributed by atoms with Gasteiger partial charge in [-0.25, -0.2) is 4.39 Å². The molecule has 1 nitrogen and oxygen atoms in total. The number of nitrogens with one attached hydrogen (secondary N) is 1. The third kappa shape index (κ3) is 6.93. The summed E-state index contributed by atoms with van der Waals surface area (Å²) in [6.07, 6.45) is 1.10. The third-order valence-electron chi connectivity index (χ3n) is 3.43. The molecular weight excluding hydrogens is 282 g/mol. The standard InChI is InChI=1S/C16H23F4N/c1-3-4-5-6-7-12(2)21-11-13-8-14(16(18,19)20)10-15(17)9-13/h8-10,12,21H,3-7,11H2,1-2H3. The number of rotatable bonds is 8. The number of benzene rings is 1. The number of hydrogen-bond acceptors (Lipinski definition) is 1. The quantitative estimate of drug-likeness (QED) is 0.508. The Labute approximate surface area is 123 Å². The third-order valence-corrected chi connectivity index (χ3v) is 3.43. The maximum Gasteiger partial charge on any atom is 0.416 e. The van der Waals surface area contributed by atoms with Crippen LogP contribution in [0.25, 0.3) is 0 Å². The highest BCUT2D eigenvalue weighted by Crippen LogP contribution is 2.30. The number of alkyl halides is 3. The summed E-state index contributed by atoms with van der Waals surface area (Å²) in [7, 11) is 0. The molecule has 0 aliphatic heterocycles. The molecule has 0 aliphatic carbocycles. The Morgan fingerprint density at radius 1 is 1.10 bits per heavy atom. The Morgan fingerprint density at radius 2 is 1.81 bits per heavy atom. The first kappa shape index (κ1) is 18.0. The van der Waals surface area contributed by atoms with Gasteiger partial charge in [0.1, 0.15) is 5.82 Å². The Morgan fingerprint density at radius 3 is 2.43 bits per heavy atom. The molecule has 5 heteroatoms. The van der Waals surface area contributed by atoms with Crippen LogP contribution in [0.15, 0.2) is 18.2 Å². The fourth-order valence-electron chi connectivity index (χ4n) is 2.19. The summed E-state index contributed by atoms with van der Waals surface area (Å²) in [5, 5.41) is 3.15. The molecule has 0 spiro atoms. The molecular formula is C16H23F4N. The zero-order valence-electron chi connectivity index (χ0n) is 12.6. The molecule has 0 saturated heterocycles. The van der Waals surface area contributed by atoms with E-state index in [-0.39, 0.29) is 12.6 Å². The number of unbranched alkanes of at least 4 members (excludes halogenated alkanes) is 3. The van der Waals surface area contributed by atoms with Crippen LogP contribution in [0, 0.1) is 5.82 Å². The smallest absolute Gasteiger partial charge is 0.310 e. The summed E-state index contributed by atoms with van der Waals surface area (Å²) >= 11 is 0. The van der Waals surface area contributed by atoms with Crippen molar-refractivity contribution >= 4 is 0 Å². The van der Waals surface area contributed by atoms with E-state index in [1.54, 1.807) is 0 Å². The van der Waals surface area contributed by atoms with E-state index < -0.39 is 17.6 Å². The van der Waals surface area contributed by atoms with Crippen LogP contribution in [-0.2, 0) is 12.7 Å². The van der Waals surface area contributed by atoms with Crippen molar-refractivity contribution in [3.63, 3.8) is 0 Å². The van der Waals surface area contributed by atoms with Crippen molar-refractivity contribution in [1.82, 2.24) is 5.32 Å². The Bertz CT molecular complexity index is 429. The van der Waals surface area contributed by atoms with Gasteiger partial charge in [0.2, 0.25) is 0 Å². The van der Waals surface area contributed by atoms with Gasteiger partial charge in [0, 0.05) is 12.6 Å². The van der Waals surface area contributed by atoms with E-state index in [0.717, 1.165) is 25.0 Å². The summed E-state index contributed by atoms with van der Waals surface area (Å²) in [5.74, 6) is -0.850. The van der Waals surface area contributed by atoms with E-state index in [2.05, 4.69) is 12.2 Å². The average Bonchev–Trinajstić information content (AvgIpc) is 2.40. The lowest BCUT2D eigenvalue weighted by Gasteiger charge is -2.15. The predicted molar refractivity (Wildman–Crippen MR) is 76.5 cm³/mol. The zero-order chi connectivity index (χ0) is 15.9. The first-order valence-electron chi connectivity index (χ1n) is 7.43. The molecule has 0 amide bonds. The summed E-state index contributed by atoms with van der Waals surface area (Å²) in [5.41, 5.74) is -0.613. The van der Waals surface area contributed by atoms with Crippen LogP contribution in [-0.4, -0.2) is 6.04 Å². The molecule has 1 aromatic rings. The van der Waals surface area contributed by atoms with Crippen molar-refractivity contribution in [3.8, 4) is 0 Å². The van der Waals surface area contributed by atoms with E-state index in [9.17, 15) is 17.6 Å². The van der Waals surface area contributed by atoms with Gasteiger partial charge in [-0.2, -0.15) is 13.2 Å². The predicted octanol–water partition coefficient (Wildman–Crippen LogP) is 5.29. The lowest BCUT2D eigenvalue weighted by atomic mass is 10.1. The molecule has 1 rings (SSSR count). The van der Waals surface area contributed by atoms with Crippen LogP contribution >= 0.6 is 0 Å². The van der Waals surface area contributed by atoms with E-state index in [1.807, 2.05) is 6.92 Å². The lowest BCUT2D eigenvalue weighted by molar-refractivity contribution is -0.137. The van der Waals surface area contributed by atoms with Gasteiger partial charge >= 0.3 is 6.18 Å². The highest BCUT2D eigenvalue weighted by molar-refractivity contribution is 5.26. The van der Waals surface area contributed by atoms with Gasteiger partial charge < -0.3 is 5.32 Å². The second-order valence-corrected chi connectivity index (χ2v) is 5.48. The van der Waals surface area contributed by atoms with Crippen LogP contribution in [0.2, 0.25) is 0 Å². The van der Waals surface area contributed by atoms with E-state index in [4.69, 9.17) is 0 Å². The molecule has 1 unspecified atom stereocenters. The number of hydrogen-bond donors (Lipinski definition) is 1. The lowest BCUT2D eigenvalue weighted by Crippen LogP contribution is -2.25. The van der Waals surface area contributed by atoms with Crippen LogP contribution in [0.4, 0.5) is 17.6 Å². The van der Waals surface area contributed by atoms with Gasteiger partial charge in [-0.3, -0.25) is 0 Å². The highest BCUT2D eigenvalue weighted by Gasteiger charge is 2.31. The normalized spacial score (nSPS) is 13.4. The van der Waals surface area contributed by atoms with Crippen LogP contribution < -0.4 is 5.32 Å². The fraction of sp³-hybridized carbons (Fsp3) is 0.625. The van der Waals surface area contributed by atoms with Crippen molar-refractivity contribution < 1.29 is 17.6 Å². The van der Waals surface area contributed by atoms with Crippen molar-refractivity contribution in [2.24, 2.45) is 0 Å². The Balaban J connectivity index is 2.49. The monoisotopic (exact) mass is 305 g/mol. The van der Waals surface area contributed by atoms with Gasteiger partial charge in [-0.05, 0) is 37.1 Å². The van der Waals surface area contributed by atoms with Crippen molar-refractivity contribution in [3.05, 3.63) is 35.1 Å². The topological polar surface area (TPSA) is 12.0 Å². The highest BCUT2D eigenvalue weighted by atomic mass is 19.4.